The molecule has 0 aromatic heterocycles. The minimum absolute atomic E-state index is 0.00164. The lowest BCUT2D eigenvalue weighted by molar-refractivity contribution is 0.240. The Labute approximate surface area is 133 Å². The fraction of sp³-hybridized carbons (Fsp3) is 0.933. The summed E-state index contributed by atoms with van der Waals surface area (Å²) in [5.41, 5.74) is 0. The summed E-state index contributed by atoms with van der Waals surface area (Å²) in [5.74, 6) is 2.51. The van der Waals surface area contributed by atoms with Crippen molar-refractivity contribution in [2.24, 2.45) is 0 Å². The largest absolute Gasteiger partial charge is 0.338 e. The fourth-order valence-corrected chi connectivity index (χ4v) is 2.90. The highest BCUT2D eigenvalue weighted by molar-refractivity contribution is 7.98. The van der Waals surface area contributed by atoms with Crippen LogP contribution in [0.2, 0.25) is 0 Å². The zero-order chi connectivity index (χ0) is 14.9. The van der Waals surface area contributed by atoms with E-state index in [1.165, 1.54) is 50.0 Å². The Balaban J connectivity index is 3.13. The summed E-state index contributed by atoms with van der Waals surface area (Å²) in [7, 11) is 0. The number of thioether (sulfide) groups is 2. The van der Waals surface area contributed by atoms with Crippen LogP contribution in [-0.2, 0) is 0 Å². The molecule has 0 aromatic rings. The van der Waals surface area contributed by atoms with Crippen molar-refractivity contribution in [3.63, 3.8) is 0 Å². The first-order valence-corrected chi connectivity index (χ1v) is 10.6. The minimum Gasteiger partial charge on any atom is -0.338 e. The van der Waals surface area contributed by atoms with Crippen molar-refractivity contribution in [3.05, 3.63) is 0 Å². The van der Waals surface area contributed by atoms with Gasteiger partial charge in [-0.15, -0.1) is 0 Å². The van der Waals surface area contributed by atoms with Crippen LogP contribution in [0.15, 0.2) is 0 Å². The fourth-order valence-electron chi connectivity index (χ4n) is 1.92. The zero-order valence-corrected chi connectivity index (χ0v) is 14.8. The van der Waals surface area contributed by atoms with Crippen molar-refractivity contribution in [1.82, 2.24) is 10.6 Å². The van der Waals surface area contributed by atoms with Crippen molar-refractivity contribution in [2.75, 3.05) is 37.1 Å². The Hall–Kier alpha value is -0.0300. The molecular weight excluding hydrogens is 288 g/mol. The van der Waals surface area contributed by atoms with E-state index >= 15 is 0 Å². The van der Waals surface area contributed by atoms with E-state index in [2.05, 4.69) is 23.1 Å². The van der Waals surface area contributed by atoms with Gasteiger partial charge in [0.2, 0.25) is 0 Å². The number of hydrogen-bond acceptors (Lipinski definition) is 3. The van der Waals surface area contributed by atoms with E-state index in [0.717, 1.165) is 25.9 Å². The molecule has 3 nitrogen and oxygen atoms in total. The Morgan fingerprint density at radius 3 is 1.50 bits per heavy atom. The minimum atomic E-state index is -0.00164. The summed E-state index contributed by atoms with van der Waals surface area (Å²) in [6.45, 7) is 1.61. The van der Waals surface area contributed by atoms with Crippen molar-refractivity contribution in [1.29, 1.82) is 0 Å². The summed E-state index contributed by atoms with van der Waals surface area (Å²) in [5, 5.41) is 5.85. The zero-order valence-electron chi connectivity index (χ0n) is 13.2. The molecule has 0 aliphatic rings. The number of rotatable bonds is 14. The predicted molar refractivity (Wildman–Crippen MR) is 95.1 cm³/mol. The third-order valence-corrected chi connectivity index (χ3v) is 4.52. The van der Waals surface area contributed by atoms with Crippen LogP contribution >= 0.6 is 23.5 Å². The number of nitrogens with one attached hydrogen (secondary N) is 2. The molecule has 0 aliphatic heterocycles. The molecule has 0 spiro atoms. The number of unbranched alkanes of at least 4 members (excludes halogenated alkanes) is 6. The molecule has 0 unspecified atom stereocenters. The third-order valence-electron chi connectivity index (χ3n) is 3.12. The van der Waals surface area contributed by atoms with Gasteiger partial charge in [0.05, 0.1) is 0 Å². The van der Waals surface area contributed by atoms with Gasteiger partial charge < -0.3 is 10.6 Å². The summed E-state index contributed by atoms with van der Waals surface area (Å²) < 4.78 is 0. The number of carbonyl (C=O) groups is 1. The van der Waals surface area contributed by atoms with Gasteiger partial charge in [0.25, 0.3) is 0 Å². The summed E-state index contributed by atoms with van der Waals surface area (Å²) >= 11 is 3.81. The van der Waals surface area contributed by atoms with Crippen molar-refractivity contribution >= 4 is 29.6 Å². The Bertz CT molecular complexity index is 196. The quantitative estimate of drug-likeness (QED) is 0.473. The van der Waals surface area contributed by atoms with Crippen LogP contribution in [0.4, 0.5) is 4.79 Å². The first-order chi connectivity index (χ1) is 9.81. The highest BCUT2D eigenvalue weighted by Crippen LogP contribution is 2.04. The van der Waals surface area contributed by atoms with Crippen molar-refractivity contribution in [2.45, 2.75) is 51.4 Å². The summed E-state index contributed by atoms with van der Waals surface area (Å²) in [4.78, 5) is 11.5. The van der Waals surface area contributed by atoms with Gasteiger partial charge in [-0.3, -0.25) is 0 Å². The van der Waals surface area contributed by atoms with Gasteiger partial charge in [0.15, 0.2) is 0 Å². The van der Waals surface area contributed by atoms with Crippen molar-refractivity contribution in [3.8, 4) is 0 Å². The highest BCUT2D eigenvalue weighted by atomic mass is 32.2. The lowest BCUT2D eigenvalue weighted by Crippen LogP contribution is -2.36. The highest BCUT2D eigenvalue weighted by Gasteiger charge is 1.98. The van der Waals surface area contributed by atoms with Crippen LogP contribution in [0.1, 0.15) is 51.4 Å². The summed E-state index contributed by atoms with van der Waals surface area (Å²) in [6.07, 6.45) is 14.1. The maximum Gasteiger partial charge on any atom is 0.314 e. The number of urea groups is 1. The second kappa shape index (κ2) is 17.0. The van der Waals surface area contributed by atoms with Crippen molar-refractivity contribution < 1.29 is 4.79 Å². The maximum atomic E-state index is 11.5. The molecule has 0 saturated heterocycles. The average Bonchev–Trinajstić information content (AvgIpc) is 2.45. The topological polar surface area (TPSA) is 41.1 Å². The lowest BCUT2D eigenvalue weighted by Gasteiger charge is -2.07. The van der Waals surface area contributed by atoms with E-state index in [1.54, 1.807) is 0 Å². The molecule has 0 aromatic carbocycles. The van der Waals surface area contributed by atoms with Crippen LogP contribution in [0.25, 0.3) is 0 Å². The predicted octanol–water partition coefficient (Wildman–Crippen LogP) is 4.13. The van der Waals surface area contributed by atoms with Gasteiger partial charge in [0, 0.05) is 13.1 Å². The Kier molecular flexibility index (Phi) is 17.0. The Morgan fingerprint density at radius 1 is 0.700 bits per heavy atom. The molecule has 0 heterocycles. The lowest BCUT2D eigenvalue weighted by atomic mass is 10.2. The molecule has 2 amide bonds. The van der Waals surface area contributed by atoms with Crippen LogP contribution in [0.5, 0.6) is 0 Å². The SMILES string of the molecule is CSCCCCCCNC(=O)NCCCCCCSC. The third kappa shape index (κ3) is 16.0. The van der Waals surface area contributed by atoms with E-state index in [4.69, 9.17) is 0 Å². The molecule has 0 fully saturated rings. The second-order valence-electron chi connectivity index (χ2n) is 5.00. The molecule has 0 rings (SSSR count). The molecule has 5 heteroatoms. The molecule has 0 bridgehead atoms. The molecule has 2 N–H and O–H groups in total. The molecule has 0 saturated carbocycles. The number of amides is 2. The van der Waals surface area contributed by atoms with Crippen LogP contribution in [-0.4, -0.2) is 43.1 Å². The van der Waals surface area contributed by atoms with Crippen LogP contribution in [0, 0.1) is 0 Å². The molecular formula is C15H32N2OS2. The number of carbonyl (C=O) groups excluding carboxylic acids is 1. The first kappa shape index (κ1) is 20.0. The number of hydrogen-bond donors (Lipinski definition) is 2. The van der Waals surface area contributed by atoms with E-state index < -0.39 is 0 Å². The van der Waals surface area contributed by atoms with Gasteiger partial charge in [0.1, 0.15) is 0 Å². The molecule has 0 radical (unpaired) electrons. The van der Waals surface area contributed by atoms with E-state index in [-0.39, 0.29) is 6.03 Å². The van der Waals surface area contributed by atoms with Crippen LogP contribution in [0.3, 0.4) is 0 Å². The summed E-state index contributed by atoms with van der Waals surface area (Å²) in [6, 6.07) is -0.00164. The molecule has 0 atom stereocenters. The molecule has 120 valence electrons. The first-order valence-electron chi connectivity index (χ1n) is 7.81. The maximum absolute atomic E-state index is 11.5. The van der Waals surface area contributed by atoms with Gasteiger partial charge in [-0.2, -0.15) is 23.5 Å². The van der Waals surface area contributed by atoms with E-state index in [0.29, 0.717) is 0 Å². The monoisotopic (exact) mass is 320 g/mol. The van der Waals surface area contributed by atoms with Gasteiger partial charge in [-0.1, -0.05) is 25.7 Å². The standard InChI is InChI=1S/C15H32N2OS2/c1-19-13-9-5-3-7-11-16-15(18)17-12-8-4-6-10-14-20-2/h3-14H2,1-2H3,(H2,16,17,18). The second-order valence-corrected chi connectivity index (χ2v) is 6.97. The van der Waals surface area contributed by atoms with Gasteiger partial charge in [-0.05, 0) is 49.7 Å². The molecule has 0 aliphatic carbocycles. The van der Waals surface area contributed by atoms with Gasteiger partial charge >= 0.3 is 6.03 Å². The smallest absolute Gasteiger partial charge is 0.314 e. The van der Waals surface area contributed by atoms with E-state index in [1.807, 2.05) is 23.5 Å². The van der Waals surface area contributed by atoms with Gasteiger partial charge in [-0.25, -0.2) is 4.79 Å². The molecule has 20 heavy (non-hydrogen) atoms. The Morgan fingerprint density at radius 2 is 1.10 bits per heavy atom. The average molecular weight is 321 g/mol. The van der Waals surface area contributed by atoms with E-state index in [9.17, 15) is 4.79 Å². The normalized spacial score (nSPS) is 10.5. The van der Waals surface area contributed by atoms with Crippen LogP contribution < -0.4 is 10.6 Å².